The molecule has 0 aliphatic carbocycles. The van der Waals surface area contributed by atoms with Crippen molar-refractivity contribution in [1.82, 2.24) is 10.6 Å². The molecule has 0 aliphatic heterocycles. The van der Waals surface area contributed by atoms with Gasteiger partial charge < -0.3 is 35.4 Å². The molecule has 0 fully saturated rings. The number of carbonyl (C=O) groups excluding carboxylic acids is 5. The molecule has 2 atom stereocenters. The summed E-state index contributed by atoms with van der Waals surface area (Å²) < 4.78 is 10.6. The second-order valence-electron chi connectivity index (χ2n) is 13.5. The molecule has 0 aromatic carbocycles. The number of amides is 2. The summed E-state index contributed by atoms with van der Waals surface area (Å²) in [5, 5.41) is 32.4. The van der Waals surface area contributed by atoms with Crippen LogP contribution in [-0.2, 0) is 47.8 Å². The Morgan fingerprint density at radius 3 is 1.42 bits per heavy atom. The van der Waals surface area contributed by atoms with Gasteiger partial charge in [0.1, 0.15) is 12.4 Å². The van der Waals surface area contributed by atoms with Crippen molar-refractivity contribution in [2.75, 3.05) is 40.0 Å². The van der Waals surface area contributed by atoms with Crippen LogP contribution >= 0.6 is 0 Å². The standard InChI is InChI=1S/C38H64N2O13/c1-39-34(44)20-18-30(37(48)49)27-32(42)28-53-25-24-52-23-22-40-35(45)21-19-29(36(46)47)26-31(41)16-14-12-10-8-6-4-2-3-5-7-9-11-13-15-17-33(43)38(50)51/h29-30H,2-28H2,1H3,(H,39,44)(H,40,45)(H,46,47)(H,48,49)(H,50,51)/t29-,30-/m1/s1. The maximum Gasteiger partial charge on any atom is 0.372 e. The van der Waals surface area contributed by atoms with Crippen LogP contribution in [0.15, 0.2) is 0 Å². The van der Waals surface area contributed by atoms with Crippen LogP contribution in [0.2, 0.25) is 0 Å². The molecule has 304 valence electrons. The van der Waals surface area contributed by atoms with Gasteiger partial charge in [-0.3, -0.25) is 33.6 Å². The highest BCUT2D eigenvalue weighted by atomic mass is 16.5. The fourth-order valence-corrected chi connectivity index (χ4v) is 5.66. The molecule has 0 bridgehead atoms. The Balaban J connectivity index is 3.81. The average Bonchev–Trinajstić information content (AvgIpc) is 3.11. The first-order valence-corrected chi connectivity index (χ1v) is 19.2. The minimum absolute atomic E-state index is 0.00845. The Morgan fingerprint density at radius 1 is 0.509 bits per heavy atom. The van der Waals surface area contributed by atoms with E-state index in [1.165, 1.54) is 32.7 Å². The summed E-state index contributed by atoms with van der Waals surface area (Å²) in [6.45, 7) is 0.293. The van der Waals surface area contributed by atoms with E-state index in [0.717, 1.165) is 57.8 Å². The van der Waals surface area contributed by atoms with Crippen LogP contribution in [0.5, 0.6) is 0 Å². The first-order chi connectivity index (χ1) is 25.4. The van der Waals surface area contributed by atoms with Crippen molar-refractivity contribution in [1.29, 1.82) is 0 Å². The molecule has 0 saturated heterocycles. The van der Waals surface area contributed by atoms with Crippen molar-refractivity contribution in [2.24, 2.45) is 11.8 Å². The lowest BCUT2D eigenvalue weighted by Gasteiger charge is -2.12. The number of ketones is 3. The summed E-state index contributed by atoms with van der Waals surface area (Å²) in [6, 6.07) is 0. The zero-order valence-corrected chi connectivity index (χ0v) is 31.7. The number of carboxylic acid groups (broad SMARTS) is 3. The fourth-order valence-electron chi connectivity index (χ4n) is 5.66. The first-order valence-electron chi connectivity index (χ1n) is 19.2. The summed E-state index contributed by atoms with van der Waals surface area (Å²) in [5.41, 5.74) is 0. The molecular weight excluding hydrogens is 692 g/mol. The normalized spacial score (nSPS) is 12.1. The summed E-state index contributed by atoms with van der Waals surface area (Å²) in [6.07, 6.45) is 14.7. The van der Waals surface area contributed by atoms with Crippen molar-refractivity contribution in [3.8, 4) is 0 Å². The second-order valence-corrected chi connectivity index (χ2v) is 13.5. The third-order valence-corrected chi connectivity index (χ3v) is 8.92. The Morgan fingerprint density at radius 2 is 0.943 bits per heavy atom. The van der Waals surface area contributed by atoms with Crippen molar-refractivity contribution >= 4 is 47.1 Å². The third kappa shape index (κ3) is 30.4. The van der Waals surface area contributed by atoms with E-state index in [0.29, 0.717) is 12.8 Å². The lowest BCUT2D eigenvalue weighted by Crippen LogP contribution is -2.29. The third-order valence-electron chi connectivity index (χ3n) is 8.92. The minimum Gasteiger partial charge on any atom is -0.481 e. The minimum atomic E-state index is -1.34. The van der Waals surface area contributed by atoms with E-state index >= 15 is 0 Å². The molecule has 2 amide bonds. The lowest BCUT2D eigenvalue weighted by atomic mass is 9.94. The number of nitrogens with one attached hydrogen (secondary N) is 2. The molecule has 15 nitrogen and oxygen atoms in total. The molecule has 0 radical (unpaired) electrons. The molecule has 0 rings (SSSR count). The van der Waals surface area contributed by atoms with E-state index in [9.17, 15) is 48.6 Å². The van der Waals surface area contributed by atoms with Gasteiger partial charge in [0, 0.05) is 52.1 Å². The second kappa shape index (κ2) is 32.9. The number of rotatable bonds is 38. The smallest absolute Gasteiger partial charge is 0.372 e. The van der Waals surface area contributed by atoms with Crippen LogP contribution in [0.3, 0.4) is 0 Å². The Kier molecular flexibility index (Phi) is 30.6. The van der Waals surface area contributed by atoms with E-state index in [1.54, 1.807) is 0 Å². The van der Waals surface area contributed by atoms with E-state index in [1.807, 2.05) is 0 Å². The fraction of sp³-hybridized carbons (Fsp3) is 0.789. The van der Waals surface area contributed by atoms with Gasteiger partial charge in [0.05, 0.1) is 31.7 Å². The number of carbonyl (C=O) groups is 8. The summed E-state index contributed by atoms with van der Waals surface area (Å²) in [7, 11) is 1.45. The highest BCUT2D eigenvalue weighted by Gasteiger charge is 2.23. The molecule has 0 aliphatic rings. The van der Waals surface area contributed by atoms with Crippen molar-refractivity contribution < 1.29 is 63.1 Å². The predicted molar refractivity (Wildman–Crippen MR) is 195 cm³/mol. The number of hydrogen-bond donors (Lipinski definition) is 5. The maximum atomic E-state index is 12.4. The SMILES string of the molecule is CNC(=O)CC[C@H](CC(=O)COCCOCCNC(=O)CC[C@H](CC(=O)CCCCCCCCCCCCCCCCC(=O)C(=O)O)C(=O)O)C(=O)O. The first kappa shape index (κ1) is 49.3. The lowest BCUT2D eigenvalue weighted by molar-refractivity contribution is -0.149. The topological polar surface area (TPSA) is 240 Å². The molecule has 0 aromatic heterocycles. The molecule has 15 heteroatoms. The number of carboxylic acids is 3. The van der Waals surface area contributed by atoms with Crippen molar-refractivity contribution in [3.05, 3.63) is 0 Å². The van der Waals surface area contributed by atoms with Crippen molar-refractivity contribution in [2.45, 2.75) is 141 Å². The van der Waals surface area contributed by atoms with Gasteiger partial charge in [-0.05, 0) is 25.7 Å². The molecule has 0 aromatic rings. The Bertz CT molecular complexity index is 1110. The van der Waals surface area contributed by atoms with Gasteiger partial charge in [0.15, 0.2) is 5.78 Å². The monoisotopic (exact) mass is 756 g/mol. The van der Waals surface area contributed by atoms with Gasteiger partial charge in [-0.1, -0.05) is 77.0 Å². The van der Waals surface area contributed by atoms with Crippen LogP contribution in [0, 0.1) is 11.8 Å². The molecule has 0 heterocycles. The number of unbranched alkanes of at least 4 members (excludes halogenated alkanes) is 13. The van der Waals surface area contributed by atoms with Gasteiger partial charge in [-0.25, -0.2) is 4.79 Å². The van der Waals surface area contributed by atoms with Crippen molar-refractivity contribution in [3.63, 3.8) is 0 Å². The van der Waals surface area contributed by atoms with Gasteiger partial charge >= 0.3 is 17.9 Å². The number of hydrogen-bond acceptors (Lipinski definition) is 10. The van der Waals surface area contributed by atoms with Gasteiger partial charge in [0.2, 0.25) is 17.6 Å². The molecular formula is C38H64N2O13. The molecule has 0 spiro atoms. The highest BCUT2D eigenvalue weighted by molar-refractivity contribution is 6.32. The number of ether oxygens (including phenoxy) is 2. The number of aliphatic carboxylic acids is 3. The molecule has 53 heavy (non-hydrogen) atoms. The molecule has 5 N–H and O–H groups in total. The summed E-state index contributed by atoms with van der Waals surface area (Å²) in [4.78, 5) is 92.4. The van der Waals surface area contributed by atoms with Crippen LogP contribution in [0.4, 0.5) is 0 Å². The molecule has 0 saturated carbocycles. The maximum absolute atomic E-state index is 12.4. The zero-order valence-electron chi connectivity index (χ0n) is 31.7. The van der Waals surface area contributed by atoms with Crippen LogP contribution in [-0.4, -0.2) is 102 Å². The average molecular weight is 757 g/mol. The van der Waals surface area contributed by atoms with Gasteiger partial charge in [-0.15, -0.1) is 0 Å². The largest absolute Gasteiger partial charge is 0.481 e. The Labute approximate surface area is 313 Å². The summed E-state index contributed by atoms with van der Waals surface area (Å²) >= 11 is 0. The Hall–Kier alpha value is -3.72. The zero-order chi connectivity index (χ0) is 39.7. The van der Waals surface area contributed by atoms with Crippen LogP contribution < -0.4 is 10.6 Å². The van der Waals surface area contributed by atoms with E-state index in [4.69, 9.17) is 14.6 Å². The predicted octanol–water partition coefficient (Wildman–Crippen LogP) is 4.66. The van der Waals surface area contributed by atoms with E-state index in [2.05, 4.69) is 10.6 Å². The molecule has 0 unspecified atom stereocenters. The summed E-state index contributed by atoms with van der Waals surface area (Å²) in [5.74, 6) is -7.33. The number of Topliss-reactive ketones (excluding diaryl/α,β-unsaturated/α-hetero) is 3. The quantitative estimate of drug-likeness (QED) is 0.0426. The van der Waals surface area contributed by atoms with Crippen LogP contribution in [0.25, 0.3) is 0 Å². The van der Waals surface area contributed by atoms with E-state index in [-0.39, 0.29) is 95.5 Å². The van der Waals surface area contributed by atoms with Gasteiger partial charge in [-0.2, -0.15) is 0 Å². The van der Waals surface area contributed by atoms with Crippen LogP contribution in [0.1, 0.15) is 141 Å². The highest BCUT2D eigenvalue weighted by Crippen LogP contribution is 2.17. The van der Waals surface area contributed by atoms with Gasteiger partial charge in [0.25, 0.3) is 0 Å². The van der Waals surface area contributed by atoms with E-state index < -0.39 is 41.3 Å².